The van der Waals surface area contributed by atoms with Crippen LogP contribution in [0.1, 0.15) is 16.2 Å². The Morgan fingerprint density at radius 1 is 1.35 bits per heavy atom. The van der Waals surface area contributed by atoms with Crippen LogP contribution in [0.2, 0.25) is 0 Å². The van der Waals surface area contributed by atoms with Crippen molar-refractivity contribution in [1.29, 1.82) is 0 Å². The van der Waals surface area contributed by atoms with Gasteiger partial charge in [0.05, 0.1) is 16.0 Å². The third-order valence-electron chi connectivity index (χ3n) is 3.38. The van der Waals surface area contributed by atoms with E-state index in [4.69, 9.17) is 0 Å². The summed E-state index contributed by atoms with van der Waals surface area (Å²) in [5.41, 5.74) is 1.000. The van der Waals surface area contributed by atoms with Crippen molar-refractivity contribution >= 4 is 43.3 Å². The molecular weight excluding hydrogens is 378 g/mol. The van der Waals surface area contributed by atoms with E-state index in [1.54, 1.807) is 37.0 Å². The number of nitrogens with zero attached hydrogens (tertiary/aromatic N) is 3. The lowest BCUT2D eigenvalue weighted by Gasteiger charge is -2.11. The highest BCUT2D eigenvalue weighted by molar-refractivity contribution is 9.11. The summed E-state index contributed by atoms with van der Waals surface area (Å²) >= 11 is 4.82. The van der Waals surface area contributed by atoms with Gasteiger partial charge in [0.1, 0.15) is 10.4 Å². The van der Waals surface area contributed by atoms with E-state index in [0.29, 0.717) is 22.6 Å². The van der Waals surface area contributed by atoms with Crippen LogP contribution in [-0.4, -0.2) is 34.5 Å². The molecule has 0 bridgehead atoms. The molecule has 3 aromatic heterocycles. The van der Waals surface area contributed by atoms with Crippen molar-refractivity contribution in [2.45, 2.75) is 6.54 Å². The van der Waals surface area contributed by atoms with Crippen LogP contribution in [0.4, 0.5) is 0 Å². The standard InChI is InChI=1S/C16H14BrN3O2S/c1-19(2)15(21)12-5-3-4-11(18-12)9-20-7-6-10-8-13(17)23-14(10)16(20)22/h3-8H,9H2,1-2H3. The summed E-state index contributed by atoms with van der Waals surface area (Å²) < 4.78 is 3.25. The zero-order valence-electron chi connectivity index (χ0n) is 12.6. The molecule has 3 rings (SSSR count). The summed E-state index contributed by atoms with van der Waals surface area (Å²) in [5.74, 6) is -0.156. The minimum Gasteiger partial charge on any atom is -0.343 e. The largest absolute Gasteiger partial charge is 0.343 e. The average molecular weight is 392 g/mol. The summed E-state index contributed by atoms with van der Waals surface area (Å²) in [4.78, 5) is 30.3. The fourth-order valence-corrected chi connectivity index (χ4v) is 3.81. The van der Waals surface area contributed by atoms with E-state index >= 15 is 0 Å². The van der Waals surface area contributed by atoms with Gasteiger partial charge >= 0.3 is 0 Å². The second-order valence-electron chi connectivity index (χ2n) is 5.30. The van der Waals surface area contributed by atoms with Gasteiger partial charge in [-0.3, -0.25) is 9.59 Å². The first kappa shape index (κ1) is 15.9. The summed E-state index contributed by atoms with van der Waals surface area (Å²) in [6.07, 6.45) is 1.76. The van der Waals surface area contributed by atoms with E-state index in [2.05, 4.69) is 20.9 Å². The molecule has 0 N–H and O–H groups in total. The number of halogens is 1. The van der Waals surface area contributed by atoms with Gasteiger partial charge in [0.2, 0.25) is 0 Å². The number of hydrogen-bond acceptors (Lipinski definition) is 4. The number of carbonyl (C=O) groups is 1. The zero-order valence-corrected chi connectivity index (χ0v) is 15.0. The van der Waals surface area contributed by atoms with Crippen molar-refractivity contribution in [3.63, 3.8) is 0 Å². The molecule has 0 atom stereocenters. The Morgan fingerprint density at radius 3 is 2.87 bits per heavy atom. The first-order valence-electron chi connectivity index (χ1n) is 6.92. The number of fused-ring (bicyclic) bond motifs is 1. The lowest BCUT2D eigenvalue weighted by atomic mass is 10.2. The van der Waals surface area contributed by atoms with Crippen molar-refractivity contribution in [3.8, 4) is 0 Å². The van der Waals surface area contributed by atoms with Crippen LogP contribution in [0, 0.1) is 0 Å². The van der Waals surface area contributed by atoms with Crippen LogP contribution < -0.4 is 5.56 Å². The molecule has 0 radical (unpaired) electrons. The van der Waals surface area contributed by atoms with E-state index in [-0.39, 0.29) is 11.5 Å². The SMILES string of the molecule is CN(C)C(=O)c1cccc(Cn2ccc3cc(Br)sc3c2=O)n1. The fourth-order valence-electron chi connectivity index (χ4n) is 2.25. The normalized spacial score (nSPS) is 10.9. The van der Waals surface area contributed by atoms with Crippen molar-refractivity contribution in [2.75, 3.05) is 14.1 Å². The maximum absolute atomic E-state index is 12.5. The number of amides is 1. The van der Waals surface area contributed by atoms with Gasteiger partial charge in [0, 0.05) is 25.7 Å². The lowest BCUT2D eigenvalue weighted by Crippen LogP contribution is -2.24. The van der Waals surface area contributed by atoms with Crippen molar-refractivity contribution in [2.24, 2.45) is 0 Å². The molecule has 0 aliphatic heterocycles. The van der Waals surface area contributed by atoms with Crippen molar-refractivity contribution in [3.05, 3.63) is 62.1 Å². The second kappa shape index (κ2) is 6.25. The zero-order chi connectivity index (χ0) is 16.6. The van der Waals surface area contributed by atoms with E-state index in [9.17, 15) is 9.59 Å². The quantitative estimate of drug-likeness (QED) is 0.689. The highest BCUT2D eigenvalue weighted by Crippen LogP contribution is 2.26. The molecule has 1 amide bonds. The van der Waals surface area contributed by atoms with Gasteiger partial charge in [0.15, 0.2) is 0 Å². The number of hydrogen-bond donors (Lipinski definition) is 0. The molecule has 7 heteroatoms. The maximum Gasteiger partial charge on any atom is 0.271 e. The first-order valence-corrected chi connectivity index (χ1v) is 8.53. The lowest BCUT2D eigenvalue weighted by molar-refractivity contribution is 0.0821. The summed E-state index contributed by atoms with van der Waals surface area (Å²) in [5, 5.41) is 0.924. The Hall–Kier alpha value is -1.99. The molecule has 5 nitrogen and oxygen atoms in total. The fraction of sp³-hybridized carbons (Fsp3) is 0.188. The molecule has 3 aromatic rings. The number of thiophene rings is 1. The van der Waals surface area contributed by atoms with Crippen LogP contribution in [0.5, 0.6) is 0 Å². The summed E-state index contributed by atoms with van der Waals surface area (Å²) in [6.45, 7) is 0.332. The van der Waals surface area contributed by atoms with Gasteiger partial charge < -0.3 is 9.47 Å². The monoisotopic (exact) mass is 391 g/mol. The number of aromatic nitrogens is 2. The molecule has 23 heavy (non-hydrogen) atoms. The number of carbonyl (C=O) groups excluding carboxylic acids is 1. The number of rotatable bonds is 3. The van der Waals surface area contributed by atoms with E-state index < -0.39 is 0 Å². The van der Waals surface area contributed by atoms with Crippen molar-refractivity contribution in [1.82, 2.24) is 14.5 Å². The molecule has 3 heterocycles. The molecule has 0 spiro atoms. The van der Waals surface area contributed by atoms with E-state index in [0.717, 1.165) is 9.17 Å². The predicted molar refractivity (Wildman–Crippen MR) is 95.1 cm³/mol. The van der Waals surface area contributed by atoms with Gasteiger partial charge in [-0.05, 0) is 40.2 Å². The molecule has 0 aliphatic rings. The Morgan fingerprint density at radius 2 is 2.13 bits per heavy atom. The van der Waals surface area contributed by atoms with E-state index in [1.165, 1.54) is 16.2 Å². The molecule has 0 aromatic carbocycles. The molecule has 0 aliphatic carbocycles. The highest BCUT2D eigenvalue weighted by Gasteiger charge is 2.11. The van der Waals surface area contributed by atoms with Gasteiger partial charge in [-0.25, -0.2) is 4.98 Å². The maximum atomic E-state index is 12.5. The second-order valence-corrected chi connectivity index (χ2v) is 7.73. The molecule has 0 saturated heterocycles. The molecule has 0 unspecified atom stereocenters. The summed E-state index contributed by atoms with van der Waals surface area (Å²) in [6, 6.07) is 9.11. The van der Waals surface area contributed by atoms with Gasteiger partial charge in [-0.15, -0.1) is 11.3 Å². The van der Waals surface area contributed by atoms with Crippen LogP contribution in [0.15, 0.2) is 45.1 Å². The Bertz CT molecular complexity index is 946. The third kappa shape index (κ3) is 3.20. The Balaban J connectivity index is 1.96. The minimum atomic E-state index is -0.156. The first-order chi connectivity index (χ1) is 11.0. The highest BCUT2D eigenvalue weighted by atomic mass is 79.9. The van der Waals surface area contributed by atoms with Gasteiger partial charge in [-0.1, -0.05) is 6.07 Å². The third-order valence-corrected chi connectivity index (χ3v) is 5.03. The van der Waals surface area contributed by atoms with Crippen molar-refractivity contribution < 1.29 is 4.79 Å². The smallest absolute Gasteiger partial charge is 0.271 e. The predicted octanol–water partition coefficient (Wildman–Crippen LogP) is 2.97. The topological polar surface area (TPSA) is 55.2 Å². The van der Waals surface area contributed by atoms with Gasteiger partial charge in [-0.2, -0.15) is 0 Å². The Kier molecular flexibility index (Phi) is 4.32. The van der Waals surface area contributed by atoms with Crippen LogP contribution in [-0.2, 0) is 6.54 Å². The Labute approximate surface area is 145 Å². The molecule has 0 fully saturated rings. The molecular formula is C16H14BrN3O2S. The molecule has 0 saturated carbocycles. The van der Waals surface area contributed by atoms with Gasteiger partial charge in [0.25, 0.3) is 11.5 Å². The van der Waals surface area contributed by atoms with Crippen LogP contribution >= 0.6 is 27.3 Å². The minimum absolute atomic E-state index is 0.0515. The average Bonchev–Trinajstić information content (AvgIpc) is 2.91. The number of pyridine rings is 2. The van der Waals surface area contributed by atoms with Crippen LogP contribution in [0.3, 0.4) is 0 Å². The van der Waals surface area contributed by atoms with Crippen LogP contribution in [0.25, 0.3) is 10.1 Å². The summed E-state index contributed by atoms with van der Waals surface area (Å²) in [7, 11) is 3.37. The molecule has 118 valence electrons. The van der Waals surface area contributed by atoms with E-state index in [1.807, 2.05) is 18.2 Å².